The maximum atomic E-state index is 12.1. The number of aliphatic imine (C=N–C) groups is 1. The molecule has 0 spiro atoms. The number of carbonyl (C=O) groups excluding carboxylic acids is 1. The van der Waals surface area contributed by atoms with Gasteiger partial charge in [0.05, 0.1) is 17.5 Å². The van der Waals surface area contributed by atoms with Gasteiger partial charge >= 0.3 is 5.97 Å². The summed E-state index contributed by atoms with van der Waals surface area (Å²) < 4.78 is 28.9. The maximum absolute atomic E-state index is 12.1. The van der Waals surface area contributed by atoms with Gasteiger partial charge in [0, 0.05) is 30.7 Å². The number of fused-ring (bicyclic) bond motifs is 1. The van der Waals surface area contributed by atoms with Crippen LogP contribution in [0.4, 0.5) is 11.4 Å². The summed E-state index contributed by atoms with van der Waals surface area (Å²) in [7, 11) is 0.695. The molecular formula is C17H21N3O6S2. The number of amides is 1. The minimum Gasteiger partial charge on any atom is -0.480 e. The van der Waals surface area contributed by atoms with Gasteiger partial charge in [-0.25, -0.2) is 13.2 Å². The van der Waals surface area contributed by atoms with Gasteiger partial charge in [0.1, 0.15) is 13.2 Å². The Hall–Kier alpha value is -2.11. The third-order valence-electron chi connectivity index (χ3n) is 4.38. The van der Waals surface area contributed by atoms with Crippen molar-refractivity contribution in [3.63, 3.8) is 0 Å². The van der Waals surface area contributed by atoms with E-state index in [0.29, 0.717) is 5.17 Å². The van der Waals surface area contributed by atoms with Gasteiger partial charge in [0.15, 0.2) is 15.0 Å². The number of hydrogen-bond acceptors (Lipinski definition) is 7. The molecule has 2 fully saturated rings. The highest BCUT2D eigenvalue weighted by Crippen LogP contribution is 2.41. The van der Waals surface area contributed by atoms with Crippen molar-refractivity contribution in [2.24, 2.45) is 4.99 Å². The number of benzene rings is 1. The lowest BCUT2D eigenvalue weighted by Gasteiger charge is -2.25. The fraction of sp³-hybridized carbons (Fsp3) is 0.471. The van der Waals surface area contributed by atoms with Crippen molar-refractivity contribution in [2.75, 3.05) is 48.6 Å². The fourth-order valence-electron chi connectivity index (χ4n) is 3.14. The zero-order valence-corrected chi connectivity index (χ0v) is 17.1. The first-order valence-corrected chi connectivity index (χ1v) is 11.2. The normalized spacial score (nSPS) is 24.4. The Kier molecular flexibility index (Phi) is 5.96. The SMILES string of the molecule is CN(C)c1ccc(N2C(=NC(=O)COCC(=O)O)S[C@H]3CS(=O)(=O)C[C@@H]32)cc1. The van der Waals surface area contributed by atoms with Gasteiger partial charge in [-0.15, -0.1) is 0 Å². The molecule has 2 aliphatic rings. The van der Waals surface area contributed by atoms with Gasteiger partial charge in [0.2, 0.25) is 0 Å². The zero-order chi connectivity index (χ0) is 20.5. The molecular weight excluding hydrogens is 406 g/mol. The van der Waals surface area contributed by atoms with E-state index in [1.807, 2.05) is 43.3 Å². The van der Waals surface area contributed by atoms with Gasteiger partial charge in [-0.3, -0.25) is 4.79 Å². The minimum absolute atomic E-state index is 0.00280. The first-order chi connectivity index (χ1) is 13.2. The average Bonchev–Trinajstić information content (AvgIpc) is 3.05. The smallest absolute Gasteiger partial charge is 0.329 e. The third-order valence-corrected chi connectivity index (χ3v) is 7.59. The molecule has 2 saturated heterocycles. The van der Waals surface area contributed by atoms with Crippen molar-refractivity contribution in [3.05, 3.63) is 24.3 Å². The summed E-state index contributed by atoms with van der Waals surface area (Å²) in [6.07, 6.45) is 0. The highest BCUT2D eigenvalue weighted by molar-refractivity contribution is 8.16. The molecule has 0 unspecified atom stereocenters. The Labute approximate surface area is 167 Å². The molecule has 11 heteroatoms. The number of rotatable bonds is 6. The van der Waals surface area contributed by atoms with Gasteiger partial charge < -0.3 is 19.6 Å². The molecule has 0 aliphatic carbocycles. The Morgan fingerprint density at radius 1 is 1.25 bits per heavy atom. The monoisotopic (exact) mass is 427 g/mol. The van der Waals surface area contributed by atoms with Crippen molar-refractivity contribution < 1.29 is 27.9 Å². The molecule has 0 radical (unpaired) electrons. The van der Waals surface area contributed by atoms with Crippen LogP contribution in [0.3, 0.4) is 0 Å². The molecule has 2 aliphatic heterocycles. The summed E-state index contributed by atoms with van der Waals surface area (Å²) in [5, 5.41) is 8.78. The lowest BCUT2D eigenvalue weighted by atomic mass is 10.2. The summed E-state index contributed by atoms with van der Waals surface area (Å²) in [6.45, 7) is -1.03. The lowest BCUT2D eigenvalue weighted by molar-refractivity contribution is -0.143. The fourth-order valence-corrected chi connectivity index (χ4v) is 7.07. The lowest BCUT2D eigenvalue weighted by Crippen LogP contribution is -2.37. The molecule has 1 amide bonds. The number of amidine groups is 1. The van der Waals surface area contributed by atoms with Gasteiger partial charge in [0.25, 0.3) is 5.91 Å². The molecule has 9 nitrogen and oxygen atoms in total. The van der Waals surface area contributed by atoms with Crippen molar-refractivity contribution in [3.8, 4) is 0 Å². The summed E-state index contributed by atoms with van der Waals surface area (Å²) in [5.74, 6) is -1.74. The number of carboxylic acid groups (broad SMARTS) is 1. The predicted molar refractivity (Wildman–Crippen MR) is 108 cm³/mol. The van der Waals surface area contributed by atoms with Crippen LogP contribution in [0.15, 0.2) is 29.3 Å². The van der Waals surface area contributed by atoms with Crippen molar-refractivity contribution >= 4 is 50.0 Å². The number of nitrogens with zero attached hydrogens (tertiary/aromatic N) is 3. The van der Waals surface area contributed by atoms with E-state index in [1.165, 1.54) is 11.8 Å². The average molecular weight is 428 g/mol. The number of carboxylic acids is 1. The van der Waals surface area contributed by atoms with Crippen molar-refractivity contribution in [2.45, 2.75) is 11.3 Å². The molecule has 152 valence electrons. The van der Waals surface area contributed by atoms with Gasteiger partial charge in [-0.2, -0.15) is 4.99 Å². The summed E-state index contributed by atoms with van der Waals surface area (Å²) in [5.41, 5.74) is 1.74. The highest BCUT2D eigenvalue weighted by atomic mass is 32.2. The number of thioether (sulfide) groups is 1. The van der Waals surface area contributed by atoms with E-state index in [0.717, 1.165) is 11.4 Å². The van der Waals surface area contributed by atoms with Crippen LogP contribution in [0, 0.1) is 0 Å². The second-order valence-corrected chi connectivity index (χ2v) is 10.1. The van der Waals surface area contributed by atoms with E-state index in [-0.39, 0.29) is 22.8 Å². The molecule has 28 heavy (non-hydrogen) atoms. The van der Waals surface area contributed by atoms with Crippen LogP contribution in [0.2, 0.25) is 0 Å². The van der Waals surface area contributed by atoms with E-state index in [1.54, 1.807) is 4.90 Å². The Morgan fingerprint density at radius 2 is 1.93 bits per heavy atom. The minimum atomic E-state index is -3.14. The zero-order valence-electron chi connectivity index (χ0n) is 15.4. The number of carbonyl (C=O) groups is 2. The summed E-state index contributed by atoms with van der Waals surface area (Å²) >= 11 is 1.26. The first kappa shape index (κ1) is 20.6. The van der Waals surface area contributed by atoms with Crippen LogP contribution < -0.4 is 9.80 Å². The topological polar surface area (TPSA) is 117 Å². The van der Waals surface area contributed by atoms with Crippen molar-refractivity contribution in [1.82, 2.24) is 0 Å². The van der Waals surface area contributed by atoms with E-state index >= 15 is 0 Å². The van der Waals surface area contributed by atoms with Crippen LogP contribution >= 0.6 is 11.8 Å². The number of ether oxygens (including phenoxy) is 1. The Balaban J connectivity index is 1.85. The molecule has 0 saturated carbocycles. The third kappa shape index (κ3) is 4.65. The summed E-state index contributed by atoms with van der Waals surface area (Å²) in [6, 6.07) is 7.25. The molecule has 2 atom stereocenters. The number of sulfone groups is 1. The van der Waals surface area contributed by atoms with E-state index < -0.39 is 34.9 Å². The predicted octanol–water partition coefficient (Wildman–Crippen LogP) is 0.455. The Morgan fingerprint density at radius 3 is 2.54 bits per heavy atom. The van der Waals surface area contributed by atoms with E-state index in [4.69, 9.17) is 9.84 Å². The maximum Gasteiger partial charge on any atom is 0.329 e. The van der Waals surface area contributed by atoms with E-state index in [9.17, 15) is 18.0 Å². The van der Waals surface area contributed by atoms with Crippen LogP contribution in [-0.2, 0) is 24.2 Å². The molecule has 1 N–H and O–H groups in total. The number of aliphatic carboxylic acids is 1. The van der Waals surface area contributed by atoms with Crippen LogP contribution in [-0.4, -0.2) is 80.7 Å². The van der Waals surface area contributed by atoms with Crippen molar-refractivity contribution in [1.29, 1.82) is 0 Å². The van der Waals surface area contributed by atoms with Crippen LogP contribution in [0.25, 0.3) is 0 Å². The van der Waals surface area contributed by atoms with E-state index in [2.05, 4.69) is 4.99 Å². The molecule has 1 aromatic carbocycles. The quantitative estimate of drug-likeness (QED) is 0.691. The number of hydrogen-bond donors (Lipinski definition) is 1. The van der Waals surface area contributed by atoms with Gasteiger partial charge in [-0.05, 0) is 24.3 Å². The van der Waals surface area contributed by atoms with Crippen LogP contribution in [0.5, 0.6) is 0 Å². The van der Waals surface area contributed by atoms with Crippen LogP contribution in [0.1, 0.15) is 0 Å². The second-order valence-electron chi connectivity index (χ2n) is 6.76. The second kappa shape index (κ2) is 8.10. The molecule has 2 heterocycles. The standard InChI is InChI=1S/C17H21N3O6S2/c1-19(2)11-3-5-12(6-4-11)20-13-9-28(24,25)10-14(13)27-17(20)18-15(21)7-26-8-16(22)23/h3-6,13-14H,7-10H2,1-2H3,(H,22,23)/t13-,14-/m0/s1. The van der Waals surface area contributed by atoms with Gasteiger partial charge in [-0.1, -0.05) is 11.8 Å². The molecule has 1 aromatic rings. The highest BCUT2D eigenvalue weighted by Gasteiger charge is 2.49. The number of anilines is 2. The molecule has 0 bridgehead atoms. The first-order valence-electron chi connectivity index (χ1n) is 8.51. The largest absolute Gasteiger partial charge is 0.480 e. The molecule has 3 rings (SSSR count). The Bertz CT molecular complexity index is 898. The summed E-state index contributed by atoms with van der Waals surface area (Å²) in [4.78, 5) is 30.4. The molecule has 0 aromatic heterocycles.